The molecule has 1 heterocycles. The van der Waals surface area contributed by atoms with Crippen molar-refractivity contribution in [2.45, 2.75) is 12.7 Å². The molecule has 0 unspecified atom stereocenters. The van der Waals surface area contributed by atoms with Crippen molar-refractivity contribution >= 4 is 11.8 Å². The summed E-state index contributed by atoms with van der Waals surface area (Å²) in [7, 11) is 0. The molecule has 0 fully saturated rings. The summed E-state index contributed by atoms with van der Waals surface area (Å²) < 4.78 is 54.1. The molecule has 27 heavy (non-hydrogen) atoms. The van der Waals surface area contributed by atoms with E-state index in [1.165, 1.54) is 30.5 Å². The zero-order chi connectivity index (χ0) is 19.9. The van der Waals surface area contributed by atoms with Crippen molar-refractivity contribution in [2.75, 3.05) is 13.2 Å². The van der Waals surface area contributed by atoms with Crippen LogP contribution in [0.2, 0.25) is 0 Å². The van der Waals surface area contributed by atoms with Crippen LogP contribution >= 0.6 is 0 Å². The molecule has 0 bridgehead atoms. The van der Waals surface area contributed by atoms with Crippen molar-refractivity contribution < 1.29 is 31.9 Å². The first-order valence-corrected chi connectivity index (χ1v) is 7.68. The molecule has 1 aromatic heterocycles. The molecule has 0 atom stereocenters. The lowest BCUT2D eigenvalue weighted by atomic mass is 10.2. The molecule has 0 radical (unpaired) electrons. The van der Waals surface area contributed by atoms with E-state index in [4.69, 9.17) is 0 Å². The molecule has 2 N–H and O–H groups in total. The number of benzene rings is 1. The maximum absolute atomic E-state index is 12.8. The fourth-order valence-corrected chi connectivity index (χ4v) is 1.96. The second-order valence-electron chi connectivity index (χ2n) is 5.34. The summed E-state index contributed by atoms with van der Waals surface area (Å²) in [6, 6.07) is 7.69. The first-order valence-electron chi connectivity index (χ1n) is 7.68. The zero-order valence-electron chi connectivity index (χ0n) is 13.8. The molecule has 0 saturated carbocycles. The van der Waals surface area contributed by atoms with Crippen molar-refractivity contribution in [3.63, 3.8) is 0 Å². The van der Waals surface area contributed by atoms with E-state index in [9.17, 15) is 27.2 Å². The minimum atomic E-state index is -4.51. The number of rotatable bonds is 7. The smallest absolute Gasteiger partial charge is 0.422 e. The third kappa shape index (κ3) is 6.92. The number of hydrogen-bond acceptors (Lipinski definition) is 4. The number of nitrogens with zero attached hydrogens (tertiary/aromatic N) is 1. The van der Waals surface area contributed by atoms with Crippen LogP contribution in [0.1, 0.15) is 15.9 Å². The van der Waals surface area contributed by atoms with Crippen LogP contribution in [0.15, 0.2) is 42.6 Å². The average Bonchev–Trinajstić information content (AvgIpc) is 2.63. The Morgan fingerprint density at radius 1 is 1.07 bits per heavy atom. The summed E-state index contributed by atoms with van der Waals surface area (Å²) in [5.41, 5.74) is 0.430. The maximum Gasteiger partial charge on any atom is 0.422 e. The van der Waals surface area contributed by atoms with Crippen molar-refractivity contribution in [1.29, 1.82) is 0 Å². The number of carbonyl (C=O) groups is 2. The van der Waals surface area contributed by atoms with Crippen LogP contribution in [0.25, 0.3) is 0 Å². The molecule has 2 rings (SSSR count). The summed E-state index contributed by atoms with van der Waals surface area (Å²) in [6.45, 7) is -2.00. The highest BCUT2D eigenvalue weighted by molar-refractivity contribution is 5.96. The standard InChI is InChI=1S/C17H15F4N3O3/c18-13-5-3-11(4-6-13)15(26)24-9-14(25)23-8-12-2-1-7-22-16(12)27-10-17(19,20)21/h1-7H,8-10H2,(H,23,25)(H,24,26). The molecule has 0 aliphatic heterocycles. The minimum Gasteiger partial charge on any atom is -0.468 e. The summed E-state index contributed by atoms with van der Waals surface area (Å²) in [5.74, 6) is -1.88. The predicted molar refractivity (Wildman–Crippen MR) is 86.4 cm³/mol. The van der Waals surface area contributed by atoms with Crippen LogP contribution in [0.4, 0.5) is 17.6 Å². The van der Waals surface area contributed by atoms with Crippen LogP contribution in [0.3, 0.4) is 0 Å². The van der Waals surface area contributed by atoms with Gasteiger partial charge in [-0.25, -0.2) is 9.37 Å². The molecule has 0 saturated heterocycles. The number of pyridine rings is 1. The van der Waals surface area contributed by atoms with E-state index in [1.54, 1.807) is 0 Å². The number of amides is 2. The van der Waals surface area contributed by atoms with Gasteiger partial charge in [-0.3, -0.25) is 9.59 Å². The Bertz CT molecular complexity index is 795. The first-order chi connectivity index (χ1) is 12.7. The average molecular weight is 385 g/mol. The van der Waals surface area contributed by atoms with Crippen molar-refractivity contribution in [2.24, 2.45) is 0 Å². The second kappa shape index (κ2) is 8.97. The first kappa shape index (κ1) is 20.1. The molecule has 0 aliphatic carbocycles. The number of carbonyl (C=O) groups excluding carboxylic acids is 2. The van der Waals surface area contributed by atoms with E-state index >= 15 is 0 Å². The summed E-state index contributed by atoms with van der Waals surface area (Å²) >= 11 is 0. The third-order valence-electron chi connectivity index (χ3n) is 3.21. The lowest BCUT2D eigenvalue weighted by Crippen LogP contribution is -2.36. The molecule has 2 amide bonds. The number of alkyl halides is 3. The minimum absolute atomic E-state index is 0.133. The fourth-order valence-electron chi connectivity index (χ4n) is 1.96. The van der Waals surface area contributed by atoms with Gasteiger partial charge in [0.2, 0.25) is 11.8 Å². The molecule has 6 nitrogen and oxygen atoms in total. The van der Waals surface area contributed by atoms with Crippen molar-refractivity contribution in [3.8, 4) is 5.88 Å². The van der Waals surface area contributed by atoms with Gasteiger partial charge < -0.3 is 15.4 Å². The third-order valence-corrected chi connectivity index (χ3v) is 3.21. The van der Waals surface area contributed by atoms with E-state index in [-0.39, 0.29) is 30.1 Å². The van der Waals surface area contributed by atoms with Crippen molar-refractivity contribution in [3.05, 3.63) is 59.5 Å². The van der Waals surface area contributed by atoms with Crippen LogP contribution in [0.5, 0.6) is 5.88 Å². The lowest BCUT2D eigenvalue weighted by molar-refractivity contribution is -0.154. The maximum atomic E-state index is 12.8. The molecular weight excluding hydrogens is 370 g/mol. The highest BCUT2D eigenvalue weighted by Gasteiger charge is 2.29. The van der Waals surface area contributed by atoms with Crippen LogP contribution in [-0.2, 0) is 11.3 Å². The highest BCUT2D eigenvalue weighted by atomic mass is 19.4. The van der Waals surface area contributed by atoms with Gasteiger partial charge in [-0.15, -0.1) is 0 Å². The summed E-state index contributed by atoms with van der Waals surface area (Å²) in [6.07, 6.45) is -3.25. The Kier molecular flexibility index (Phi) is 6.69. The van der Waals surface area contributed by atoms with Gasteiger partial charge in [-0.05, 0) is 30.3 Å². The van der Waals surface area contributed by atoms with Gasteiger partial charge >= 0.3 is 6.18 Å². The monoisotopic (exact) mass is 385 g/mol. The Labute approximate surface area is 151 Å². The number of nitrogens with one attached hydrogen (secondary N) is 2. The Morgan fingerprint density at radius 2 is 1.78 bits per heavy atom. The van der Waals surface area contributed by atoms with Gasteiger partial charge in [0, 0.05) is 23.9 Å². The number of hydrogen-bond donors (Lipinski definition) is 2. The SMILES string of the molecule is O=C(CNC(=O)c1ccc(F)cc1)NCc1cccnc1OCC(F)(F)F. The van der Waals surface area contributed by atoms with Gasteiger partial charge in [0.1, 0.15) is 5.82 Å². The summed E-state index contributed by atoms with van der Waals surface area (Å²) in [5, 5.41) is 4.78. The van der Waals surface area contributed by atoms with E-state index < -0.39 is 30.4 Å². The highest BCUT2D eigenvalue weighted by Crippen LogP contribution is 2.19. The molecule has 1 aromatic carbocycles. The Hall–Kier alpha value is -3.17. The molecular formula is C17H15F4N3O3. The number of halogens is 4. The zero-order valence-corrected chi connectivity index (χ0v) is 13.8. The van der Waals surface area contributed by atoms with Gasteiger partial charge in [0.05, 0.1) is 6.54 Å². The quantitative estimate of drug-likeness (QED) is 0.717. The Morgan fingerprint density at radius 3 is 2.44 bits per heavy atom. The number of aromatic nitrogens is 1. The van der Waals surface area contributed by atoms with Crippen LogP contribution in [-0.4, -0.2) is 36.1 Å². The summed E-state index contributed by atoms with van der Waals surface area (Å²) in [4.78, 5) is 27.3. The fraction of sp³-hybridized carbons (Fsp3) is 0.235. The largest absolute Gasteiger partial charge is 0.468 e. The van der Waals surface area contributed by atoms with E-state index in [1.807, 2.05) is 0 Å². The molecule has 10 heteroatoms. The second-order valence-corrected chi connectivity index (χ2v) is 5.34. The lowest BCUT2D eigenvalue weighted by Gasteiger charge is -2.12. The van der Waals surface area contributed by atoms with Crippen molar-refractivity contribution in [1.82, 2.24) is 15.6 Å². The number of ether oxygens (including phenoxy) is 1. The Balaban J connectivity index is 1.83. The van der Waals surface area contributed by atoms with E-state index in [0.717, 1.165) is 12.1 Å². The van der Waals surface area contributed by atoms with Crippen LogP contribution < -0.4 is 15.4 Å². The van der Waals surface area contributed by atoms with E-state index in [2.05, 4.69) is 20.4 Å². The van der Waals surface area contributed by atoms with Gasteiger partial charge in [0.15, 0.2) is 6.61 Å². The normalized spacial score (nSPS) is 11.0. The predicted octanol–water partition coefficient (Wildman–Crippen LogP) is 2.21. The molecule has 2 aromatic rings. The molecule has 0 spiro atoms. The van der Waals surface area contributed by atoms with Gasteiger partial charge in [-0.2, -0.15) is 13.2 Å². The van der Waals surface area contributed by atoms with Gasteiger partial charge in [-0.1, -0.05) is 6.07 Å². The van der Waals surface area contributed by atoms with E-state index in [0.29, 0.717) is 0 Å². The molecule has 144 valence electrons. The van der Waals surface area contributed by atoms with Gasteiger partial charge in [0.25, 0.3) is 5.91 Å². The topological polar surface area (TPSA) is 80.3 Å². The molecule has 0 aliphatic rings. The van der Waals surface area contributed by atoms with Crippen LogP contribution in [0, 0.1) is 5.82 Å².